The molecule has 188 valence electrons. The normalized spacial score (nSPS) is 19.4. The van der Waals surface area contributed by atoms with Crippen LogP contribution in [-0.4, -0.2) is 80.2 Å². The van der Waals surface area contributed by atoms with E-state index in [0.29, 0.717) is 64.8 Å². The molecular formula is C26H33N3O5S. The van der Waals surface area contributed by atoms with Crippen LogP contribution >= 0.6 is 0 Å². The quantitative estimate of drug-likeness (QED) is 0.584. The Kier molecular flexibility index (Phi) is 8.07. The zero-order valence-electron chi connectivity index (χ0n) is 20.1. The number of aryl methyl sites for hydroxylation is 1. The van der Waals surface area contributed by atoms with Crippen molar-refractivity contribution < 1.29 is 22.7 Å². The molecule has 8 nitrogen and oxygen atoms in total. The summed E-state index contributed by atoms with van der Waals surface area (Å²) in [6.45, 7) is 2.35. The molecule has 0 aliphatic carbocycles. The van der Waals surface area contributed by atoms with Crippen LogP contribution < -0.4 is 4.74 Å². The van der Waals surface area contributed by atoms with Gasteiger partial charge in [-0.3, -0.25) is 9.59 Å². The van der Waals surface area contributed by atoms with Crippen molar-refractivity contribution in [1.29, 1.82) is 0 Å². The highest BCUT2D eigenvalue weighted by Gasteiger charge is 2.41. The van der Waals surface area contributed by atoms with Gasteiger partial charge in [0, 0.05) is 39.1 Å². The van der Waals surface area contributed by atoms with E-state index in [0.717, 1.165) is 11.3 Å². The second-order valence-electron chi connectivity index (χ2n) is 8.99. The number of carbonyl (C=O) groups excluding carboxylic acids is 2. The molecule has 0 bridgehead atoms. The van der Waals surface area contributed by atoms with Crippen LogP contribution in [0.25, 0.3) is 0 Å². The van der Waals surface area contributed by atoms with E-state index < -0.39 is 16.1 Å². The van der Waals surface area contributed by atoms with Crippen molar-refractivity contribution in [3.63, 3.8) is 0 Å². The Hall–Kier alpha value is -2.91. The Morgan fingerprint density at radius 3 is 2.29 bits per heavy atom. The number of methoxy groups -OCH3 is 1. The molecule has 0 saturated carbocycles. The third-order valence-corrected chi connectivity index (χ3v) is 8.71. The highest BCUT2D eigenvalue weighted by molar-refractivity contribution is 7.89. The molecule has 9 heteroatoms. The first-order chi connectivity index (χ1) is 16.9. The molecule has 2 aromatic rings. The number of amides is 2. The summed E-state index contributed by atoms with van der Waals surface area (Å²) >= 11 is 0. The number of sulfonamides is 1. The third kappa shape index (κ3) is 5.85. The fourth-order valence-electron chi connectivity index (χ4n) is 4.80. The van der Waals surface area contributed by atoms with Gasteiger partial charge in [-0.2, -0.15) is 4.31 Å². The van der Waals surface area contributed by atoms with Gasteiger partial charge in [-0.25, -0.2) is 8.42 Å². The summed E-state index contributed by atoms with van der Waals surface area (Å²) in [4.78, 5) is 30.0. The van der Waals surface area contributed by atoms with Gasteiger partial charge in [-0.05, 0) is 55.5 Å². The zero-order chi connectivity index (χ0) is 24.8. The van der Waals surface area contributed by atoms with Gasteiger partial charge in [0.05, 0.1) is 12.0 Å². The minimum Gasteiger partial charge on any atom is -0.497 e. The fourth-order valence-corrected chi connectivity index (χ4v) is 6.47. The lowest BCUT2D eigenvalue weighted by atomic mass is 10.1. The summed E-state index contributed by atoms with van der Waals surface area (Å²) in [7, 11) is -2.11. The van der Waals surface area contributed by atoms with E-state index >= 15 is 0 Å². The maximum Gasteiger partial charge on any atom is 0.243 e. The van der Waals surface area contributed by atoms with Gasteiger partial charge in [0.2, 0.25) is 21.8 Å². The second-order valence-corrected chi connectivity index (χ2v) is 10.9. The van der Waals surface area contributed by atoms with Crippen molar-refractivity contribution in [2.45, 2.75) is 43.0 Å². The lowest BCUT2D eigenvalue weighted by Gasteiger charge is -2.29. The standard InChI is InChI=1S/C26H33N3O5S/c1-34-22-13-10-21(11-14-22)12-15-25(30)27-16-6-17-28(20-19-27)26(31)24-9-5-18-29(24)35(32,33)23-7-3-2-4-8-23/h2-4,7-8,10-11,13-14,24H,5-6,9,12,15-20H2,1H3. The molecule has 2 aliphatic heterocycles. The monoisotopic (exact) mass is 499 g/mol. The van der Waals surface area contributed by atoms with Gasteiger partial charge in [-0.15, -0.1) is 0 Å². The van der Waals surface area contributed by atoms with Crippen molar-refractivity contribution in [2.75, 3.05) is 39.8 Å². The molecule has 2 fully saturated rings. The van der Waals surface area contributed by atoms with E-state index in [2.05, 4.69) is 0 Å². The first kappa shape index (κ1) is 25.2. The Balaban J connectivity index is 1.34. The summed E-state index contributed by atoms with van der Waals surface area (Å²) < 4.78 is 32.9. The molecule has 0 spiro atoms. The summed E-state index contributed by atoms with van der Waals surface area (Å²) in [6, 6.07) is 15.3. The zero-order valence-corrected chi connectivity index (χ0v) is 21.0. The van der Waals surface area contributed by atoms with Crippen molar-refractivity contribution in [1.82, 2.24) is 14.1 Å². The largest absolute Gasteiger partial charge is 0.497 e. The molecule has 2 heterocycles. The van der Waals surface area contributed by atoms with Crippen molar-refractivity contribution in [3.8, 4) is 5.75 Å². The van der Waals surface area contributed by atoms with Crippen LogP contribution in [0, 0.1) is 0 Å². The summed E-state index contributed by atoms with van der Waals surface area (Å²) in [5.41, 5.74) is 1.08. The Morgan fingerprint density at radius 2 is 1.57 bits per heavy atom. The topological polar surface area (TPSA) is 87.2 Å². The van der Waals surface area contributed by atoms with E-state index in [1.807, 2.05) is 29.2 Å². The Bertz CT molecular complexity index is 1120. The summed E-state index contributed by atoms with van der Waals surface area (Å²) in [5.74, 6) is 0.702. The van der Waals surface area contributed by atoms with E-state index in [1.54, 1.807) is 42.3 Å². The number of hydrogen-bond donors (Lipinski definition) is 0. The van der Waals surface area contributed by atoms with Crippen molar-refractivity contribution in [3.05, 3.63) is 60.2 Å². The van der Waals surface area contributed by atoms with Gasteiger partial charge in [0.1, 0.15) is 11.8 Å². The molecule has 0 radical (unpaired) electrons. The molecule has 2 saturated heterocycles. The molecule has 0 N–H and O–H groups in total. The number of carbonyl (C=O) groups is 2. The van der Waals surface area contributed by atoms with Crippen molar-refractivity contribution >= 4 is 21.8 Å². The smallest absolute Gasteiger partial charge is 0.243 e. The average Bonchev–Trinajstić information content (AvgIpc) is 3.26. The van der Waals surface area contributed by atoms with Gasteiger partial charge in [0.15, 0.2) is 0 Å². The third-order valence-electron chi connectivity index (χ3n) is 6.79. The minimum absolute atomic E-state index is 0.0734. The lowest BCUT2D eigenvalue weighted by Crippen LogP contribution is -2.48. The number of nitrogens with zero attached hydrogens (tertiary/aromatic N) is 3. The van der Waals surface area contributed by atoms with E-state index in [1.165, 1.54) is 4.31 Å². The van der Waals surface area contributed by atoms with Crippen LogP contribution in [0.4, 0.5) is 0 Å². The molecule has 2 amide bonds. The van der Waals surface area contributed by atoms with Gasteiger partial charge >= 0.3 is 0 Å². The maximum atomic E-state index is 13.4. The first-order valence-electron chi connectivity index (χ1n) is 12.2. The first-order valence-corrected chi connectivity index (χ1v) is 13.6. The number of rotatable bonds is 7. The van der Waals surface area contributed by atoms with E-state index in [4.69, 9.17) is 4.74 Å². The summed E-state index contributed by atoms with van der Waals surface area (Å²) in [5, 5.41) is 0. The number of benzene rings is 2. The van der Waals surface area contributed by atoms with Gasteiger partial charge in [0.25, 0.3) is 0 Å². The van der Waals surface area contributed by atoms with E-state index in [9.17, 15) is 18.0 Å². The average molecular weight is 500 g/mol. The highest BCUT2D eigenvalue weighted by atomic mass is 32.2. The highest BCUT2D eigenvalue weighted by Crippen LogP contribution is 2.27. The van der Waals surface area contributed by atoms with Crippen LogP contribution in [0.5, 0.6) is 5.75 Å². The minimum atomic E-state index is -3.73. The maximum absolute atomic E-state index is 13.4. The van der Waals surface area contributed by atoms with Crippen LogP contribution in [0.15, 0.2) is 59.5 Å². The molecule has 0 aromatic heterocycles. The van der Waals surface area contributed by atoms with Crippen LogP contribution in [-0.2, 0) is 26.0 Å². The molecule has 35 heavy (non-hydrogen) atoms. The van der Waals surface area contributed by atoms with Crippen molar-refractivity contribution in [2.24, 2.45) is 0 Å². The van der Waals surface area contributed by atoms with E-state index in [-0.39, 0.29) is 16.7 Å². The predicted octanol–water partition coefficient (Wildman–Crippen LogP) is 2.54. The van der Waals surface area contributed by atoms with Gasteiger partial charge < -0.3 is 14.5 Å². The van der Waals surface area contributed by atoms with Crippen LogP contribution in [0.3, 0.4) is 0 Å². The Morgan fingerprint density at radius 1 is 0.886 bits per heavy atom. The number of hydrogen-bond acceptors (Lipinski definition) is 5. The molecule has 2 aromatic carbocycles. The SMILES string of the molecule is COc1ccc(CCC(=O)N2CCCN(C(=O)C3CCCN3S(=O)(=O)c3ccccc3)CC2)cc1. The molecular weight excluding hydrogens is 466 g/mol. The lowest BCUT2D eigenvalue weighted by molar-refractivity contribution is -0.135. The molecule has 2 aliphatic rings. The molecule has 1 atom stereocenters. The number of ether oxygens (including phenoxy) is 1. The van der Waals surface area contributed by atoms with Crippen LogP contribution in [0.1, 0.15) is 31.2 Å². The summed E-state index contributed by atoms with van der Waals surface area (Å²) in [6.07, 6.45) is 2.92. The molecule has 4 rings (SSSR count). The van der Waals surface area contributed by atoms with Crippen LogP contribution in [0.2, 0.25) is 0 Å². The predicted molar refractivity (Wildman–Crippen MR) is 132 cm³/mol. The second kappa shape index (κ2) is 11.2. The molecule has 1 unspecified atom stereocenters. The van der Waals surface area contributed by atoms with Gasteiger partial charge in [-0.1, -0.05) is 30.3 Å². The Labute approximate surface area is 207 Å². The fraction of sp³-hybridized carbons (Fsp3) is 0.462.